The number of nitrogen functional groups attached to an aromatic ring is 1. The third-order valence-electron chi connectivity index (χ3n) is 1.98. The molecule has 2 heterocycles. The molecule has 0 fully saturated rings. The summed E-state index contributed by atoms with van der Waals surface area (Å²) in [5.74, 6) is 0.536. The van der Waals surface area contributed by atoms with Gasteiger partial charge in [0.05, 0.1) is 5.69 Å². The maximum Gasteiger partial charge on any atom is 0.200 e. The molecule has 0 amide bonds. The van der Waals surface area contributed by atoms with Gasteiger partial charge in [-0.3, -0.25) is 0 Å². The Bertz CT molecular complexity index is 395. The zero-order valence-corrected chi connectivity index (χ0v) is 7.67. The highest BCUT2D eigenvalue weighted by Crippen LogP contribution is 2.01. The van der Waals surface area contributed by atoms with Crippen molar-refractivity contribution in [1.29, 1.82) is 0 Å². The number of nitrogens with zero attached hydrogens (tertiary/aromatic N) is 4. The molecule has 0 unspecified atom stereocenters. The highest BCUT2D eigenvalue weighted by molar-refractivity contribution is 5.16. The molecule has 0 aromatic carbocycles. The largest absolute Gasteiger partial charge is 0.369 e. The molecule has 0 atom stereocenters. The lowest BCUT2D eigenvalue weighted by Crippen LogP contribution is -2.05. The summed E-state index contributed by atoms with van der Waals surface area (Å²) in [5.41, 5.74) is 6.58. The molecule has 0 aliphatic carbocycles. The normalized spacial score (nSPS) is 10.3. The molecular formula is C9H11N5. The third-order valence-corrected chi connectivity index (χ3v) is 1.98. The lowest BCUT2D eigenvalue weighted by Gasteiger charge is -2.02. The number of nitrogens with two attached hydrogens (primary N) is 1. The van der Waals surface area contributed by atoms with Gasteiger partial charge in [-0.05, 0) is 12.1 Å². The van der Waals surface area contributed by atoms with Crippen molar-refractivity contribution in [3.8, 4) is 0 Å². The predicted molar refractivity (Wildman–Crippen MR) is 52.4 cm³/mol. The second-order valence-electron chi connectivity index (χ2n) is 2.94. The first-order valence-electron chi connectivity index (χ1n) is 4.39. The van der Waals surface area contributed by atoms with Gasteiger partial charge in [0, 0.05) is 31.6 Å². The maximum atomic E-state index is 5.62. The van der Waals surface area contributed by atoms with Crippen LogP contribution in [0.5, 0.6) is 0 Å². The summed E-state index contributed by atoms with van der Waals surface area (Å²) < 4.78 is 1.88. The molecule has 0 spiro atoms. The number of imidazole rings is 1. The molecule has 0 radical (unpaired) electrons. The van der Waals surface area contributed by atoms with E-state index in [0.717, 1.165) is 18.7 Å². The highest BCUT2D eigenvalue weighted by atomic mass is 15.1. The molecule has 0 bridgehead atoms. The molecule has 5 heteroatoms. The minimum Gasteiger partial charge on any atom is -0.369 e. The predicted octanol–water partition coefficient (Wildman–Crippen LogP) is 0.498. The smallest absolute Gasteiger partial charge is 0.200 e. The van der Waals surface area contributed by atoms with Gasteiger partial charge in [0.1, 0.15) is 0 Å². The van der Waals surface area contributed by atoms with Crippen molar-refractivity contribution in [3.63, 3.8) is 0 Å². The summed E-state index contributed by atoms with van der Waals surface area (Å²) in [6, 6.07) is 3.82. The van der Waals surface area contributed by atoms with Crippen molar-refractivity contribution in [3.05, 3.63) is 36.4 Å². The van der Waals surface area contributed by atoms with Crippen LogP contribution in [0.3, 0.4) is 0 Å². The molecule has 2 aromatic rings. The van der Waals surface area contributed by atoms with Gasteiger partial charge in [0.15, 0.2) is 5.95 Å². The van der Waals surface area contributed by atoms with Crippen LogP contribution in [0.2, 0.25) is 0 Å². The van der Waals surface area contributed by atoms with Crippen molar-refractivity contribution < 1.29 is 0 Å². The number of hydrogen-bond donors (Lipinski definition) is 1. The van der Waals surface area contributed by atoms with E-state index in [-0.39, 0.29) is 0 Å². The van der Waals surface area contributed by atoms with Crippen LogP contribution in [0.15, 0.2) is 30.7 Å². The zero-order chi connectivity index (χ0) is 9.80. The van der Waals surface area contributed by atoms with E-state index >= 15 is 0 Å². The molecule has 0 aliphatic rings. The summed E-state index contributed by atoms with van der Waals surface area (Å²) in [4.78, 5) is 3.93. The van der Waals surface area contributed by atoms with E-state index in [9.17, 15) is 0 Å². The first-order valence-corrected chi connectivity index (χ1v) is 4.39. The molecule has 0 saturated carbocycles. The Hall–Kier alpha value is -1.91. The van der Waals surface area contributed by atoms with Crippen LogP contribution in [0.1, 0.15) is 5.69 Å². The van der Waals surface area contributed by atoms with Crippen molar-refractivity contribution in [2.24, 2.45) is 0 Å². The summed E-state index contributed by atoms with van der Waals surface area (Å²) >= 11 is 0. The van der Waals surface area contributed by atoms with Gasteiger partial charge in [-0.25, -0.2) is 4.98 Å². The van der Waals surface area contributed by atoms with Crippen molar-refractivity contribution in [1.82, 2.24) is 19.7 Å². The van der Waals surface area contributed by atoms with Gasteiger partial charge in [-0.1, -0.05) is 0 Å². The van der Waals surface area contributed by atoms with E-state index in [0.29, 0.717) is 5.95 Å². The van der Waals surface area contributed by atoms with E-state index in [1.165, 1.54) is 0 Å². The molecule has 14 heavy (non-hydrogen) atoms. The Morgan fingerprint density at radius 1 is 1.36 bits per heavy atom. The molecular weight excluding hydrogens is 178 g/mol. The van der Waals surface area contributed by atoms with Crippen LogP contribution in [-0.4, -0.2) is 19.7 Å². The van der Waals surface area contributed by atoms with Crippen LogP contribution >= 0.6 is 0 Å². The summed E-state index contributed by atoms with van der Waals surface area (Å²) in [6.45, 7) is 0.782. The topological polar surface area (TPSA) is 69.6 Å². The van der Waals surface area contributed by atoms with E-state index in [1.54, 1.807) is 12.4 Å². The molecule has 72 valence electrons. The average Bonchev–Trinajstić information content (AvgIpc) is 2.63. The number of aromatic nitrogens is 4. The maximum absolute atomic E-state index is 5.62. The fourth-order valence-corrected chi connectivity index (χ4v) is 1.23. The molecule has 2 N–H and O–H groups in total. The number of rotatable bonds is 3. The molecule has 2 aromatic heterocycles. The lowest BCUT2D eigenvalue weighted by molar-refractivity contribution is 0.686. The second kappa shape index (κ2) is 3.87. The van der Waals surface area contributed by atoms with E-state index in [1.807, 2.05) is 22.9 Å². The fourth-order valence-electron chi connectivity index (χ4n) is 1.23. The Morgan fingerprint density at radius 3 is 2.93 bits per heavy atom. The van der Waals surface area contributed by atoms with Crippen LogP contribution in [0.25, 0.3) is 0 Å². The van der Waals surface area contributed by atoms with E-state index in [2.05, 4.69) is 15.2 Å². The monoisotopic (exact) mass is 189 g/mol. The Morgan fingerprint density at radius 2 is 2.29 bits per heavy atom. The second-order valence-corrected chi connectivity index (χ2v) is 2.94. The highest BCUT2D eigenvalue weighted by Gasteiger charge is 1.98. The van der Waals surface area contributed by atoms with Gasteiger partial charge in [-0.2, -0.15) is 10.2 Å². The van der Waals surface area contributed by atoms with Crippen LogP contribution in [0, 0.1) is 0 Å². The summed E-state index contributed by atoms with van der Waals surface area (Å²) in [5, 5.41) is 7.78. The van der Waals surface area contributed by atoms with Gasteiger partial charge in [0.25, 0.3) is 0 Å². The van der Waals surface area contributed by atoms with E-state index in [4.69, 9.17) is 5.73 Å². The minimum atomic E-state index is 0.536. The average molecular weight is 189 g/mol. The molecule has 2 rings (SSSR count). The van der Waals surface area contributed by atoms with Gasteiger partial charge >= 0.3 is 0 Å². The molecule has 0 saturated heterocycles. The van der Waals surface area contributed by atoms with Gasteiger partial charge in [0.2, 0.25) is 0 Å². The Kier molecular flexibility index (Phi) is 2.40. The van der Waals surface area contributed by atoms with E-state index < -0.39 is 0 Å². The Balaban J connectivity index is 1.99. The SMILES string of the molecule is Nc1nccn1CCc1cccnn1. The van der Waals surface area contributed by atoms with Gasteiger partial charge in [-0.15, -0.1) is 0 Å². The van der Waals surface area contributed by atoms with Crippen LogP contribution in [0.4, 0.5) is 5.95 Å². The summed E-state index contributed by atoms with van der Waals surface area (Å²) in [7, 11) is 0. The van der Waals surface area contributed by atoms with Crippen molar-refractivity contribution in [2.75, 3.05) is 5.73 Å². The quantitative estimate of drug-likeness (QED) is 0.763. The number of hydrogen-bond acceptors (Lipinski definition) is 4. The third kappa shape index (κ3) is 1.87. The van der Waals surface area contributed by atoms with Gasteiger partial charge < -0.3 is 10.3 Å². The van der Waals surface area contributed by atoms with Crippen LogP contribution < -0.4 is 5.73 Å². The Labute approximate surface area is 81.6 Å². The standard InChI is InChI=1S/C9H11N5/c10-9-11-5-7-14(9)6-3-8-2-1-4-12-13-8/h1-2,4-5,7H,3,6H2,(H2,10,11). The van der Waals surface area contributed by atoms with Crippen molar-refractivity contribution >= 4 is 5.95 Å². The first kappa shape index (κ1) is 8.68. The molecule has 5 nitrogen and oxygen atoms in total. The first-order chi connectivity index (χ1) is 6.86. The summed E-state index contributed by atoms with van der Waals surface area (Å²) in [6.07, 6.45) is 6.02. The number of aryl methyl sites for hydroxylation is 2. The van der Waals surface area contributed by atoms with Crippen molar-refractivity contribution in [2.45, 2.75) is 13.0 Å². The lowest BCUT2D eigenvalue weighted by atomic mass is 10.3. The zero-order valence-electron chi connectivity index (χ0n) is 7.67. The van der Waals surface area contributed by atoms with Crippen LogP contribution in [-0.2, 0) is 13.0 Å². The fraction of sp³-hybridized carbons (Fsp3) is 0.222. The molecule has 0 aliphatic heterocycles. The number of anilines is 1. The minimum absolute atomic E-state index is 0.536.